The Balaban J connectivity index is 1.93. The molecule has 1 fully saturated rings. The maximum absolute atomic E-state index is 12.2. The van der Waals surface area contributed by atoms with Crippen LogP contribution in [0.15, 0.2) is 18.3 Å². The van der Waals surface area contributed by atoms with Gasteiger partial charge >= 0.3 is 0 Å². The van der Waals surface area contributed by atoms with E-state index in [0.29, 0.717) is 12.6 Å². The summed E-state index contributed by atoms with van der Waals surface area (Å²) in [7, 11) is 0. The van der Waals surface area contributed by atoms with Crippen molar-refractivity contribution in [3.05, 3.63) is 35.0 Å². The zero-order valence-electron chi connectivity index (χ0n) is 10.8. The molecule has 0 saturated heterocycles. The van der Waals surface area contributed by atoms with E-state index in [-0.39, 0.29) is 5.78 Å². The Kier molecular flexibility index (Phi) is 2.71. The Morgan fingerprint density at radius 3 is 2.89 bits per heavy atom. The van der Waals surface area contributed by atoms with Crippen molar-refractivity contribution in [2.75, 3.05) is 6.54 Å². The number of aryl methyl sites for hydroxylation is 2. The van der Waals surface area contributed by atoms with Crippen LogP contribution in [0.25, 0.3) is 10.9 Å². The molecule has 3 rings (SSSR count). The van der Waals surface area contributed by atoms with Crippen molar-refractivity contribution in [1.29, 1.82) is 0 Å². The lowest BCUT2D eigenvalue weighted by Crippen LogP contribution is -2.24. The summed E-state index contributed by atoms with van der Waals surface area (Å²) < 4.78 is 0. The molecule has 1 saturated carbocycles. The fourth-order valence-electron chi connectivity index (χ4n) is 2.44. The Bertz CT molecular complexity index is 608. The van der Waals surface area contributed by atoms with E-state index in [1.165, 1.54) is 24.0 Å². The Morgan fingerprint density at radius 2 is 2.17 bits per heavy atom. The molecule has 0 radical (unpaired) electrons. The lowest BCUT2D eigenvalue weighted by Gasteiger charge is -2.03. The number of H-pyrrole nitrogens is 1. The highest BCUT2D eigenvalue weighted by molar-refractivity contribution is 6.09. The molecule has 0 amide bonds. The molecule has 2 N–H and O–H groups in total. The van der Waals surface area contributed by atoms with Gasteiger partial charge in [0, 0.05) is 28.7 Å². The van der Waals surface area contributed by atoms with E-state index >= 15 is 0 Å². The SMILES string of the molecule is Cc1cc(C)c2[nH]cc(C(=O)CNC3CC3)c2c1. The second-order valence-corrected chi connectivity index (χ2v) is 5.29. The third kappa shape index (κ3) is 2.06. The summed E-state index contributed by atoms with van der Waals surface area (Å²) in [5.41, 5.74) is 4.28. The fourth-order valence-corrected chi connectivity index (χ4v) is 2.44. The van der Waals surface area contributed by atoms with Gasteiger partial charge in [0.15, 0.2) is 5.78 Å². The number of benzene rings is 1. The lowest BCUT2D eigenvalue weighted by molar-refractivity contribution is 0.0992. The number of aromatic amines is 1. The maximum atomic E-state index is 12.2. The number of fused-ring (bicyclic) bond motifs is 1. The molecular formula is C15H18N2O. The second kappa shape index (κ2) is 4.25. The highest BCUT2D eigenvalue weighted by Crippen LogP contribution is 2.24. The molecule has 2 aromatic rings. The molecule has 1 aromatic heterocycles. The van der Waals surface area contributed by atoms with Gasteiger partial charge in [-0.3, -0.25) is 4.79 Å². The van der Waals surface area contributed by atoms with Crippen LogP contribution in [-0.4, -0.2) is 23.4 Å². The lowest BCUT2D eigenvalue weighted by atomic mass is 10.0. The number of aromatic nitrogens is 1. The molecule has 1 aliphatic rings. The number of Topliss-reactive ketones (excluding diaryl/α,β-unsaturated/α-hetero) is 1. The summed E-state index contributed by atoms with van der Waals surface area (Å²) in [6.07, 6.45) is 4.26. The maximum Gasteiger partial charge on any atom is 0.178 e. The van der Waals surface area contributed by atoms with Gasteiger partial charge in [-0.05, 0) is 38.3 Å². The van der Waals surface area contributed by atoms with Crippen LogP contribution < -0.4 is 5.32 Å². The number of hydrogen-bond donors (Lipinski definition) is 2. The molecular weight excluding hydrogens is 224 g/mol. The molecule has 1 aliphatic carbocycles. The average molecular weight is 242 g/mol. The highest BCUT2D eigenvalue weighted by Gasteiger charge is 2.22. The Morgan fingerprint density at radius 1 is 1.39 bits per heavy atom. The van der Waals surface area contributed by atoms with Gasteiger partial charge < -0.3 is 10.3 Å². The largest absolute Gasteiger partial charge is 0.360 e. The first-order chi connectivity index (χ1) is 8.65. The van der Waals surface area contributed by atoms with Crippen molar-refractivity contribution in [3.63, 3.8) is 0 Å². The van der Waals surface area contributed by atoms with Crippen molar-refractivity contribution in [3.8, 4) is 0 Å². The standard InChI is InChI=1S/C15H18N2O/c1-9-5-10(2)15-12(6-9)13(7-17-15)14(18)8-16-11-3-4-11/h5-7,11,16-17H,3-4,8H2,1-2H3. The molecule has 0 unspecified atom stereocenters. The molecule has 94 valence electrons. The van der Waals surface area contributed by atoms with E-state index in [0.717, 1.165) is 16.5 Å². The van der Waals surface area contributed by atoms with E-state index in [1.54, 1.807) is 0 Å². The first kappa shape index (κ1) is 11.5. The first-order valence-corrected chi connectivity index (χ1v) is 6.50. The van der Waals surface area contributed by atoms with Crippen LogP contribution >= 0.6 is 0 Å². The number of hydrogen-bond acceptors (Lipinski definition) is 2. The zero-order valence-corrected chi connectivity index (χ0v) is 10.8. The van der Waals surface area contributed by atoms with Crippen LogP contribution in [0.5, 0.6) is 0 Å². The van der Waals surface area contributed by atoms with Gasteiger partial charge in [-0.15, -0.1) is 0 Å². The van der Waals surface area contributed by atoms with E-state index in [4.69, 9.17) is 0 Å². The molecule has 1 heterocycles. The van der Waals surface area contributed by atoms with Gasteiger partial charge in [0.25, 0.3) is 0 Å². The summed E-state index contributed by atoms with van der Waals surface area (Å²) in [5.74, 6) is 0.179. The van der Waals surface area contributed by atoms with Crippen LogP contribution in [0, 0.1) is 13.8 Å². The summed E-state index contributed by atoms with van der Waals surface area (Å²) in [6.45, 7) is 4.59. The van der Waals surface area contributed by atoms with Crippen LogP contribution in [0.4, 0.5) is 0 Å². The van der Waals surface area contributed by atoms with Crippen LogP contribution in [-0.2, 0) is 0 Å². The molecule has 0 bridgehead atoms. The first-order valence-electron chi connectivity index (χ1n) is 6.50. The van der Waals surface area contributed by atoms with Crippen molar-refractivity contribution < 1.29 is 4.79 Å². The van der Waals surface area contributed by atoms with Gasteiger partial charge in [0.2, 0.25) is 0 Å². The summed E-state index contributed by atoms with van der Waals surface area (Å²) >= 11 is 0. The van der Waals surface area contributed by atoms with Crippen molar-refractivity contribution in [2.45, 2.75) is 32.7 Å². The Labute approximate surface area is 107 Å². The van der Waals surface area contributed by atoms with Crippen LogP contribution in [0.2, 0.25) is 0 Å². The normalized spacial score (nSPS) is 15.2. The fraction of sp³-hybridized carbons (Fsp3) is 0.400. The topological polar surface area (TPSA) is 44.9 Å². The summed E-state index contributed by atoms with van der Waals surface area (Å²) in [5, 5.41) is 4.33. The van der Waals surface area contributed by atoms with Crippen molar-refractivity contribution in [1.82, 2.24) is 10.3 Å². The molecule has 3 heteroatoms. The van der Waals surface area contributed by atoms with E-state index in [1.807, 2.05) is 6.20 Å². The minimum Gasteiger partial charge on any atom is -0.360 e. The van der Waals surface area contributed by atoms with Gasteiger partial charge in [-0.25, -0.2) is 0 Å². The molecule has 0 atom stereocenters. The highest BCUT2D eigenvalue weighted by atomic mass is 16.1. The minimum absolute atomic E-state index is 0.179. The van der Waals surface area contributed by atoms with E-state index in [2.05, 4.69) is 36.3 Å². The third-order valence-corrected chi connectivity index (χ3v) is 3.56. The predicted molar refractivity (Wildman–Crippen MR) is 73.1 cm³/mol. The van der Waals surface area contributed by atoms with Gasteiger partial charge in [-0.2, -0.15) is 0 Å². The summed E-state index contributed by atoms with van der Waals surface area (Å²) in [6, 6.07) is 4.79. The van der Waals surface area contributed by atoms with Crippen LogP contribution in [0.1, 0.15) is 34.3 Å². The zero-order chi connectivity index (χ0) is 12.7. The number of nitrogens with one attached hydrogen (secondary N) is 2. The van der Waals surface area contributed by atoms with Crippen LogP contribution in [0.3, 0.4) is 0 Å². The quantitative estimate of drug-likeness (QED) is 0.810. The molecule has 3 nitrogen and oxygen atoms in total. The van der Waals surface area contributed by atoms with Gasteiger partial charge in [-0.1, -0.05) is 11.6 Å². The predicted octanol–water partition coefficient (Wildman–Crippen LogP) is 2.72. The van der Waals surface area contributed by atoms with Crippen molar-refractivity contribution >= 4 is 16.7 Å². The monoisotopic (exact) mass is 242 g/mol. The van der Waals surface area contributed by atoms with E-state index in [9.17, 15) is 4.79 Å². The molecule has 18 heavy (non-hydrogen) atoms. The van der Waals surface area contributed by atoms with Gasteiger partial charge in [0.1, 0.15) is 0 Å². The van der Waals surface area contributed by atoms with Gasteiger partial charge in [0.05, 0.1) is 6.54 Å². The third-order valence-electron chi connectivity index (χ3n) is 3.56. The average Bonchev–Trinajstić information content (AvgIpc) is 3.05. The molecule has 0 spiro atoms. The number of rotatable bonds is 4. The van der Waals surface area contributed by atoms with Crippen molar-refractivity contribution in [2.24, 2.45) is 0 Å². The number of ketones is 1. The van der Waals surface area contributed by atoms with E-state index < -0.39 is 0 Å². The molecule has 1 aromatic carbocycles. The second-order valence-electron chi connectivity index (χ2n) is 5.29. The number of carbonyl (C=O) groups is 1. The smallest absolute Gasteiger partial charge is 0.178 e. The summed E-state index contributed by atoms with van der Waals surface area (Å²) in [4.78, 5) is 15.4. The molecule has 0 aliphatic heterocycles. The number of carbonyl (C=O) groups excluding carboxylic acids is 1. The minimum atomic E-state index is 0.179. The Hall–Kier alpha value is -1.61.